The van der Waals surface area contributed by atoms with Gasteiger partial charge >= 0.3 is 6.01 Å². The fourth-order valence-corrected chi connectivity index (χ4v) is 1.60. The molecule has 0 unspecified atom stereocenters. The summed E-state index contributed by atoms with van der Waals surface area (Å²) < 4.78 is 4.96. The first-order valence-electron chi connectivity index (χ1n) is 5.64. The Bertz CT molecular complexity index is 432. The van der Waals surface area contributed by atoms with Gasteiger partial charge in [-0.15, -0.1) is 0 Å². The van der Waals surface area contributed by atoms with E-state index in [1.165, 1.54) is 7.11 Å². The number of hydrogen-bond acceptors (Lipinski definition) is 6. The molecule has 6 nitrogen and oxygen atoms in total. The van der Waals surface area contributed by atoms with E-state index < -0.39 is 0 Å². The van der Waals surface area contributed by atoms with E-state index >= 15 is 0 Å². The number of aromatic nitrogens is 3. The van der Waals surface area contributed by atoms with Gasteiger partial charge in [0.25, 0.3) is 0 Å². The van der Waals surface area contributed by atoms with E-state index in [0.717, 1.165) is 6.54 Å². The molecule has 18 heavy (non-hydrogen) atoms. The van der Waals surface area contributed by atoms with E-state index in [1.807, 2.05) is 4.90 Å². The van der Waals surface area contributed by atoms with Gasteiger partial charge in [0.1, 0.15) is 0 Å². The molecule has 0 N–H and O–H groups in total. The van der Waals surface area contributed by atoms with Gasteiger partial charge in [-0.05, 0) is 17.5 Å². The molecule has 0 fully saturated rings. The molecule has 0 aromatic carbocycles. The van der Waals surface area contributed by atoms with Crippen LogP contribution in [-0.2, 0) is 0 Å². The molecular formula is C11H16ClN5O. The summed E-state index contributed by atoms with van der Waals surface area (Å²) in [7, 11) is 1.47. The topological polar surface area (TPSA) is 74.9 Å². The Kier molecular flexibility index (Phi) is 5.59. The zero-order valence-electron chi connectivity index (χ0n) is 10.7. The minimum Gasteiger partial charge on any atom is -0.467 e. The Balaban J connectivity index is 2.96. The van der Waals surface area contributed by atoms with Crippen LogP contribution in [0.2, 0.25) is 5.28 Å². The van der Waals surface area contributed by atoms with Crippen LogP contribution in [0.4, 0.5) is 5.95 Å². The van der Waals surface area contributed by atoms with Gasteiger partial charge in [0, 0.05) is 13.1 Å². The summed E-state index contributed by atoms with van der Waals surface area (Å²) in [6.45, 7) is 5.46. The summed E-state index contributed by atoms with van der Waals surface area (Å²) in [4.78, 5) is 13.9. The highest BCUT2D eigenvalue weighted by molar-refractivity contribution is 6.28. The van der Waals surface area contributed by atoms with Gasteiger partial charge in [0.2, 0.25) is 11.2 Å². The fourth-order valence-electron chi connectivity index (χ4n) is 1.45. The van der Waals surface area contributed by atoms with Crippen LogP contribution >= 0.6 is 11.6 Å². The number of halogens is 1. The number of hydrogen-bond donors (Lipinski definition) is 0. The Morgan fingerprint density at radius 3 is 2.67 bits per heavy atom. The second-order valence-corrected chi connectivity index (χ2v) is 4.48. The molecule has 1 heterocycles. The first kappa shape index (κ1) is 14.5. The van der Waals surface area contributed by atoms with Crippen molar-refractivity contribution in [3.05, 3.63) is 5.28 Å². The molecule has 0 radical (unpaired) electrons. The lowest BCUT2D eigenvalue weighted by Crippen LogP contribution is -2.30. The number of nitrogens with zero attached hydrogens (tertiary/aromatic N) is 5. The maximum Gasteiger partial charge on any atom is 0.322 e. The average molecular weight is 270 g/mol. The third-order valence-electron chi connectivity index (χ3n) is 2.12. The summed E-state index contributed by atoms with van der Waals surface area (Å²) in [5.41, 5.74) is 0. The Hall–Kier alpha value is -1.61. The normalized spacial score (nSPS) is 10.2. The van der Waals surface area contributed by atoms with Gasteiger partial charge in [-0.2, -0.15) is 20.2 Å². The Labute approximate surface area is 112 Å². The van der Waals surface area contributed by atoms with Crippen LogP contribution in [0.15, 0.2) is 0 Å². The van der Waals surface area contributed by atoms with E-state index in [1.54, 1.807) is 0 Å². The van der Waals surface area contributed by atoms with Crippen molar-refractivity contribution in [1.82, 2.24) is 15.0 Å². The fraction of sp³-hybridized carbons (Fsp3) is 0.636. The van der Waals surface area contributed by atoms with Crippen LogP contribution in [0.3, 0.4) is 0 Å². The molecule has 0 saturated carbocycles. The summed E-state index contributed by atoms with van der Waals surface area (Å²) in [5.74, 6) is 0.862. The maximum absolute atomic E-state index is 8.67. The quantitative estimate of drug-likeness (QED) is 0.785. The number of methoxy groups -OCH3 is 1. The van der Waals surface area contributed by atoms with Crippen molar-refractivity contribution >= 4 is 17.5 Å². The molecule has 98 valence electrons. The first-order valence-corrected chi connectivity index (χ1v) is 6.02. The maximum atomic E-state index is 8.67. The van der Waals surface area contributed by atoms with Crippen molar-refractivity contribution in [2.75, 3.05) is 25.1 Å². The van der Waals surface area contributed by atoms with Crippen LogP contribution < -0.4 is 9.64 Å². The van der Waals surface area contributed by atoms with Gasteiger partial charge < -0.3 is 9.64 Å². The zero-order chi connectivity index (χ0) is 13.5. The minimum absolute atomic E-state index is 0.0857. The number of anilines is 1. The van der Waals surface area contributed by atoms with E-state index in [-0.39, 0.29) is 11.3 Å². The highest BCUT2D eigenvalue weighted by Crippen LogP contribution is 2.16. The lowest BCUT2D eigenvalue weighted by Gasteiger charge is -2.23. The molecule has 0 amide bonds. The SMILES string of the molecule is COc1nc(Cl)nc(N(CCC#N)CC(C)C)n1. The number of ether oxygens (including phenoxy) is 1. The van der Waals surface area contributed by atoms with Crippen LogP contribution in [0, 0.1) is 17.2 Å². The van der Waals surface area contributed by atoms with Crippen LogP contribution in [0.1, 0.15) is 20.3 Å². The second-order valence-electron chi connectivity index (χ2n) is 4.14. The van der Waals surface area contributed by atoms with Gasteiger partial charge in [0.05, 0.1) is 19.6 Å². The monoisotopic (exact) mass is 269 g/mol. The van der Waals surface area contributed by atoms with Gasteiger partial charge in [-0.25, -0.2) is 0 Å². The lowest BCUT2D eigenvalue weighted by atomic mass is 10.2. The van der Waals surface area contributed by atoms with E-state index in [2.05, 4.69) is 34.9 Å². The second kappa shape index (κ2) is 6.97. The first-order chi connectivity index (χ1) is 8.56. The predicted molar refractivity (Wildman–Crippen MR) is 68.7 cm³/mol. The summed E-state index contributed by atoms with van der Waals surface area (Å²) in [6, 6.07) is 2.28. The largest absolute Gasteiger partial charge is 0.467 e. The predicted octanol–water partition coefficient (Wildman–Crippen LogP) is 1.91. The third kappa shape index (κ3) is 4.34. The summed E-state index contributed by atoms with van der Waals surface area (Å²) in [6.07, 6.45) is 0.401. The minimum atomic E-state index is 0.0857. The van der Waals surface area contributed by atoms with Gasteiger partial charge in [0.15, 0.2) is 0 Å². The van der Waals surface area contributed by atoms with Crippen LogP contribution in [-0.4, -0.2) is 35.2 Å². The van der Waals surface area contributed by atoms with Crippen molar-refractivity contribution in [3.8, 4) is 12.1 Å². The molecule has 0 spiro atoms. The zero-order valence-corrected chi connectivity index (χ0v) is 11.5. The smallest absolute Gasteiger partial charge is 0.322 e. The summed E-state index contributed by atoms with van der Waals surface area (Å²) in [5, 5.41) is 8.76. The van der Waals surface area contributed by atoms with E-state index in [4.69, 9.17) is 21.6 Å². The lowest BCUT2D eigenvalue weighted by molar-refractivity contribution is 0.377. The molecule has 0 bridgehead atoms. The molecule has 1 aromatic heterocycles. The Morgan fingerprint density at radius 1 is 1.39 bits per heavy atom. The highest BCUT2D eigenvalue weighted by atomic mass is 35.5. The molecule has 0 aliphatic heterocycles. The third-order valence-corrected chi connectivity index (χ3v) is 2.29. The van der Waals surface area contributed by atoms with E-state index in [0.29, 0.717) is 24.8 Å². The van der Waals surface area contributed by atoms with Crippen molar-refractivity contribution in [3.63, 3.8) is 0 Å². The number of nitriles is 1. The Morgan fingerprint density at radius 2 is 2.11 bits per heavy atom. The van der Waals surface area contributed by atoms with Crippen molar-refractivity contribution in [1.29, 1.82) is 5.26 Å². The molecular weight excluding hydrogens is 254 g/mol. The van der Waals surface area contributed by atoms with Gasteiger partial charge in [-0.1, -0.05) is 13.8 Å². The molecule has 0 atom stereocenters. The molecule has 0 aliphatic rings. The highest BCUT2D eigenvalue weighted by Gasteiger charge is 2.14. The molecule has 0 aliphatic carbocycles. The molecule has 0 saturated heterocycles. The number of rotatable bonds is 6. The van der Waals surface area contributed by atoms with Crippen LogP contribution in [0.25, 0.3) is 0 Å². The van der Waals surface area contributed by atoms with Crippen molar-refractivity contribution in [2.45, 2.75) is 20.3 Å². The van der Waals surface area contributed by atoms with Crippen molar-refractivity contribution < 1.29 is 4.74 Å². The molecule has 7 heteroatoms. The average Bonchev–Trinajstić information content (AvgIpc) is 2.33. The summed E-state index contributed by atoms with van der Waals surface area (Å²) >= 11 is 5.81. The van der Waals surface area contributed by atoms with E-state index in [9.17, 15) is 0 Å². The standard InChI is InChI=1S/C11H16ClN5O/c1-8(2)7-17(6-4-5-13)10-14-9(12)15-11(16-10)18-3/h8H,4,6-7H2,1-3H3. The van der Waals surface area contributed by atoms with Crippen molar-refractivity contribution in [2.24, 2.45) is 5.92 Å². The molecule has 1 aromatic rings. The van der Waals surface area contributed by atoms with Crippen LogP contribution in [0.5, 0.6) is 6.01 Å². The van der Waals surface area contributed by atoms with Gasteiger partial charge in [-0.3, -0.25) is 0 Å². The molecule has 1 rings (SSSR count).